The monoisotopic (exact) mass is 364 g/mol. The lowest BCUT2D eigenvalue weighted by Gasteiger charge is -2.23. The molecular weight excluding hydrogens is 343 g/mol. The molecule has 1 unspecified atom stereocenters. The second kappa shape index (κ2) is 8.53. The zero-order valence-corrected chi connectivity index (χ0v) is 15.5. The lowest BCUT2D eigenvalue weighted by atomic mass is 10.2. The fraction of sp³-hybridized carbons (Fsp3) is 0.429. The molecule has 2 N–H and O–H groups in total. The number of aromatic nitrogens is 2. The summed E-state index contributed by atoms with van der Waals surface area (Å²) in [4.78, 5) is 18.5. The maximum Gasteiger partial charge on any atom is 0.255 e. The SMILES string of the molecule is Cc1cc(C(=O)N(C)C(C)CN)c(C)n1-c1nccs1.Cl.Cl. The largest absolute Gasteiger partial charge is 0.338 e. The topological polar surface area (TPSA) is 64.2 Å². The van der Waals surface area contributed by atoms with Gasteiger partial charge in [0.25, 0.3) is 5.91 Å². The average molecular weight is 365 g/mol. The van der Waals surface area contributed by atoms with E-state index < -0.39 is 0 Å². The quantitative estimate of drug-likeness (QED) is 0.906. The fourth-order valence-electron chi connectivity index (χ4n) is 2.15. The Hall–Kier alpha value is -1.08. The first-order chi connectivity index (χ1) is 9.47. The van der Waals surface area contributed by atoms with Crippen LogP contribution in [-0.2, 0) is 0 Å². The van der Waals surface area contributed by atoms with Crippen LogP contribution in [0.3, 0.4) is 0 Å². The van der Waals surface area contributed by atoms with Crippen LogP contribution in [0.15, 0.2) is 17.6 Å². The molecule has 8 heteroatoms. The number of rotatable bonds is 4. The molecule has 0 aromatic carbocycles. The molecule has 0 fully saturated rings. The van der Waals surface area contributed by atoms with Crippen molar-refractivity contribution in [2.24, 2.45) is 5.73 Å². The molecule has 22 heavy (non-hydrogen) atoms. The molecule has 0 aliphatic carbocycles. The molecule has 2 heterocycles. The van der Waals surface area contributed by atoms with Crippen LogP contribution < -0.4 is 5.73 Å². The van der Waals surface area contributed by atoms with Gasteiger partial charge in [0.15, 0.2) is 5.13 Å². The Labute approximate surface area is 147 Å². The highest BCUT2D eigenvalue weighted by atomic mass is 35.5. The van der Waals surface area contributed by atoms with Crippen LogP contribution in [-0.4, -0.2) is 40.0 Å². The number of hydrogen-bond acceptors (Lipinski definition) is 4. The van der Waals surface area contributed by atoms with Gasteiger partial charge in [-0.3, -0.25) is 9.36 Å². The van der Waals surface area contributed by atoms with E-state index in [1.54, 1.807) is 29.5 Å². The Morgan fingerprint density at radius 1 is 1.45 bits per heavy atom. The number of carbonyl (C=O) groups is 1. The molecule has 0 aliphatic heterocycles. The van der Waals surface area contributed by atoms with Crippen LogP contribution in [0.1, 0.15) is 28.7 Å². The summed E-state index contributed by atoms with van der Waals surface area (Å²) in [5, 5.41) is 2.81. The van der Waals surface area contributed by atoms with Gasteiger partial charge in [0, 0.05) is 42.6 Å². The van der Waals surface area contributed by atoms with Crippen molar-refractivity contribution < 1.29 is 4.79 Å². The number of halogens is 2. The highest BCUT2D eigenvalue weighted by Gasteiger charge is 2.22. The lowest BCUT2D eigenvalue weighted by molar-refractivity contribution is 0.0747. The minimum Gasteiger partial charge on any atom is -0.338 e. The lowest BCUT2D eigenvalue weighted by Crippen LogP contribution is -2.39. The molecule has 2 aromatic rings. The third kappa shape index (κ3) is 3.81. The summed E-state index contributed by atoms with van der Waals surface area (Å²) in [5.41, 5.74) is 8.26. The zero-order chi connectivity index (χ0) is 14.9. The molecule has 1 atom stereocenters. The van der Waals surface area contributed by atoms with Crippen LogP contribution in [0.2, 0.25) is 0 Å². The van der Waals surface area contributed by atoms with Crippen LogP contribution >= 0.6 is 36.2 Å². The van der Waals surface area contributed by atoms with Gasteiger partial charge in [-0.2, -0.15) is 0 Å². The number of nitrogens with two attached hydrogens (primary N) is 1. The molecule has 0 saturated carbocycles. The van der Waals surface area contributed by atoms with Crippen molar-refractivity contribution in [2.75, 3.05) is 13.6 Å². The van der Waals surface area contributed by atoms with Crippen molar-refractivity contribution in [2.45, 2.75) is 26.8 Å². The standard InChI is InChI=1S/C14H20N4OS.2ClH/c1-9-7-12(13(19)17(4)10(2)8-15)11(3)18(9)14-16-5-6-20-14;;/h5-7,10H,8,15H2,1-4H3;2*1H. The van der Waals surface area contributed by atoms with Gasteiger partial charge in [0.05, 0.1) is 5.56 Å². The Kier molecular flexibility index (Phi) is 8.11. The second-order valence-electron chi connectivity index (χ2n) is 4.94. The predicted octanol–water partition coefficient (Wildman–Crippen LogP) is 2.81. The van der Waals surface area contributed by atoms with E-state index in [2.05, 4.69) is 4.98 Å². The predicted molar refractivity (Wildman–Crippen MR) is 96.0 cm³/mol. The number of aryl methyl sites for hydroxylation is 1. The van der Waals surface area contributed by atoms with Gasteiger partial charge in [-0.15, -0.1) is 36.2 Å². The third-order valence-electron chi connectivity index (χ3n) is 3.59. The zero-order valence-electron chi connectivity index (χ0n) is 13.1. The first-order valence-electron chi connectivity index (χ1n) is 6.53. The summed E-state index contributed by atoms with van der Waals surface area (Å²) in [7, 11) is 1.79. The molecule has 2 rings (SSSR count). The highest BCUT2D eigenvalue weighted by Crippen LogP contribution is 2.23. The molecule has 1 amide bonds. The van der Waals surface area contributed by atoms with E-state index in [0.29, 0.717) is 12.1 Å². The van der Waals surface area contributed by atoms with Gasteiger partial charge in [-0.1, -0.05) is 0 Å². The number of carbonyl (C=O) groups excluding carboxylic acids is 1. The Morgan fingerprint density at radius 2 is 2.09 bits per heavy atom. The molecule has 0 saturated heterocycles. The van der Waals surface area contributed by atoms with Gasteiger partial charge in [-0.25, -0.2) is 4.98 Å². The first kappa shape index (κ1) is 20.9. The summed E-state index contributed by atoms with van der Waals surface area (Å²) in [5.74, 6) is -0.00106. The molecule has 0 bridgehead atoms. The maximum atomic E-state index is 12.5. The van der Waals surface area contributed by atoms with Crippen LogP contribution in [0.25, 0.3) is 5.13 Å². The van der Waals surface area contributed by atoms with E-state index in [0.717, 1.165) is 16.5 Å². The summed E-state index contributed by atoms with van der Waals surface area (Å²) in [6.07, 6.45) is 1.77. The van der Waals surface area contributed by atoms with E-state index in [1.165, 1.54) is 0 Å². The van der Waals surface area contributed by atoms with Crippen LogP contribution in [0, 0.1) is 13.8 Å². The summed E-state index contributed by atoms with van der Waals surface area (Å²) < 4.78 is 2.01. The number of thiazole rings is 1. The molecular formula is C14H22Cl2N4OS. The van der Waals surface area contributed by atoms with Gasteiger partial charge in [0.1, 0.15) is 0 Å². The summed E-state index contributed by atoms with van der Waals surface area (Å²) in [6.45, 7) is 6.32. The number of likely N-dealkylation sites (N-methyl/N-ethyl adjacent to an activating group) is 1. The van der Waals surface area contributed by atoms with Gasteiger partial charge < -0.3 is 10.6 Å². The molecule has 0 spiro atoms. The van der Waals surface area contributed by atoms with Crippen LogP contribution in [0.4, 0.5) is 0 Å². The number of amides is 1. The normalized spacial score (nSPS) is 11.3. The molecule has 5 nitrogen and oxygen atoms in total. The summed E-state index contributed by atoms with van der Waals surface area (Å²) in [6, 6.07) is 1.93. The van der Waals surface area contributed by atoms with Crippen LogP contribution in [0.5, 0.6) is 0 Å². The number of nitrogens with zero attached hydrogens (tertiary/aromatic N) is 3. The first-order valence-corrected chi connectivity index (χ1v) is 7.41. The minimum absolute atomic E-state index is 0. The second-order valence-corrected chi connectivity index (χ2v) is 5.81. The maximum absolute atomic E-state index is 12.5. The average Bonchev–Trinajstić information content (AvgIpc) is 3.04. The Bertz CT molecular complexity index is 613. The fourth-order valence-corrected chi connectivity index (χ4v) is 2.90. The molecule has 124 valence electrons. The van der Waals surface area contributed by atoms with Crippen molar-refractivity contribution in [3.8, 4) is 5.13 Å². The van der Waals surface area contributed by atoms with Gasteiger partial charge in [-0.05, 0) is 26.8 Å². The van der Waals surface area contributed by atoms with E-state index in [4.69, 9.17) is 5.73 Å². The van der Waals surface area contributed by atoms with Crippen molar-refractivity contribution in [3.05, 3.63) is 34.6 Å². The smallest absolute Gasteiger partial charge is 0.255 e. The molecule has 0 radical (unpaired) electrons. The van der Waals surface area contributed by atoms with E-state index in [9.17, 15) is 4.79 Å². The molecule has 0 aliphatic rings. The van der Waals surface area contributed by atoms with E-state index in [-0.39, 0.29) is 36.8 Å². The summed E-state index contributed by atoms with van der Waals surface area (Å²) >= 11 is 1.56. The van der Waals surface area contributed by atoms with E-state index in [1.807, 2.05) is 36.8 Å². The highest BCUT2D eigenvalue weighted by molar-refractivity contribution is 7.12. The van der Waals surface area contributed by atoms with E-state index >= 15 is 0 Å². The Balaban J connectivity index is 0.00000220. The van der Waals surface area contributed by atoms with Gasteiger partial charge in [0.2, 0.25) is 0 Å². The minimum atomic E-state index is -0.00106. The van der Waals surface area contributed by atoms with Crippen molar-refractivity contribution in [3.63, 3.8) is 0 Å². The number of hydrogen-bond donors (Lipinski definition) is 1. The Morgan fingerprint density at radius 3 is 2.59 bits per heavy atom. The van der Waals surface area contributed by atoms with Crippen molar-refractivity contribution in [1.82, 2.24) is 14.5 Å². The third-order valence-corrected chi connectivity index (χ3v) is 4.35. The van der Waals surface area contributed by atoms with Crippen molar-refractivity contribution >= 4 is 42.1 Å². The van der Waals surface area contributed by atoms with Gasteiger partial charge >= 0.3 is 0 Å². The molecule has 2 aromatic heterocycles. The van der Waals surface area contributed by atoms with Crippen molar-refractivity contribution in [1.29, 1.82) is 0 Å².